The third kappa shape index (κ3) is 6.21. The predicted octanol–water partition coefficient (Wildman–Crippen LogP) is 11.7. The van der Waals surface area contributed by atoms with E-state index in [0.29, 0.717) is 23.6 Å². The molecule has 0 N–H and O–H groups in total. The lowest BCUT2D eigenvalue weighted by Crippen LogP contribution is -1.96. The summed E-state index contributed by atoms with van der Waals surface area (Å²) in [5.74, 6) is 1.89. The topological polar surface area (TPSA) is 104 Å². The number of rotatable bonds is 8. The summed E-state index contributed by atoms with van der Waals surface area (Å²) in [5.41, 5.74) is 12.6. The molecule has 8 heteroatoms. The Morgan fingerprint density at radius 3 is 0.982 bits per heavy atom. The minimum atomic E-state index is 0.464. The minimum Gasteiger partial charge on any atom is -0.416 e. The van der Waals surface area contributed by atoms with Gasteiger partial charge in [-0.15, -0.1) is 20.4 Å². The van der Waals surface area contributed by atoms with E-state index in [-0.39, 0.29) is 0 Å². The Kier molecular flexibility index (Phi) is 8.31. The molecule has 0 radical (unpaired) electrons. The van der Waals surface area contributed by atoms with Crippen LogP contribution in [0, 0.1) is 0 Å². The molecule has 0 saturated heterocycles. The lowest BCUT2D eigenvalue weighted by Gasteiger charge is -2.13. The smallest absolute Gasteiger partial charge is 0.248 e. The first-order chi connectivity index (χ1) is 27.7. The van der Waals surface area contributed by atoms with Crippen molar-refractivity contribution in [3.05, 3.63) is 182 Å². The van der Waals surface area contributed by atoms with Crippen LogP contribution < -0.4 is 0 Å². The summed E-state index contributed by atoms with van der Waals surface area (Å²) in [6.45, 7) is 0. The van der Waals surface area contributed by atoms with E-state index in [1.165, 1.54) is 0 Å². The van der Waals surface area contributed by atoms with Gasteiger partial charge >= 0.3 is 0 Å². The van der Waals surface area contributed by atoms with Crippen molar-refractivity contribution in [3.8, 4) is 90.6 Å². The van der Waals surface area contributed by atoms with Crippen molar-refractivity contribution in [2.24, 2.45) is 0 Å². The van der Waals surface area contributed by atoms with Gasteiger partial charge in [-0.25, -0.2) is 9.97 Å². The van der Waals surface area contributed by atoms with Crippen LogP contribution in [0.5, 0.6) is 0 Å². The Labute approximate surface area is 321 Å². The number of aromatic nitrogens is 6. The molecular weight excluding hydrogens is 693 g/mol. The zero-order valence-corrected chi connectivity index (χ0v) is 29.8. The third-order valence-electron chi connectivity index (χ3n) is 9.72. The standard InChI is InChI=1S/C48H30N6O2/c1-3-13-35(14-4-1)45-51-53-47(55-45)39-19-9-7-17-37(39)31-23-27-33(28-24-31)43-44(50-42-22-12-11-21-41(42)49-43)34-29-25-32(26-30-34)38-18-8-10-20-40(38)48-54-52-46(56-48)36-15-5-2-6-16-36/h1-30H. The Morgan fingerprint density at radius 2 is 0.571 bits per heavy atom. The van der Waals surface area contributed by atoms with Gasteiger partial charge in [0.2, 0.25) is 23.6 Å². The molecule has 0 fully saturated rings. The minimum absolute atomic E-state index is 0.464. The molecular formula is C48H30N6O2. The molecule has 0 unspecified atom stereocenters. The summed E-state index contributed by atoms with van der Waals surface area (Å²) in [7, 11) is 0. The van der Waals surface area contributed by atoms with Crippen molar-refractivity contribution in [3.63, 3.8) is 0 Å². The van der Waals surface area contributed by atoms with Crippen molar-refractivity contribution >= 4 is 11.0 Å². The van der Waals surface area contributed by atoms with Crippen molar-refractivity contribution in [1.82, 2.24) is 30.4 Å². The van der Waals surface area contributed by atoms with Gasteiger partial charge in [-0.2, -0.15) is 0 Å². The fraction of sp³-hybridized carbons (Fsp3) is 0. The molecule has 0 aliphatic heterocycles. The molecule has 0 atom stereocenters. The van der Waals surface area contributed by atoms with Gasteiger partial charge in [0.05, 0.1) is 22.4 Å². The van der Waals surface area contributed by atoms with E-state index in [0.717, 1.165) is 78.1 Å². The van der Waals surface area contributed by atoms with Gasteiger partial charge in [-0.1, -0.05) is 133 Å². The van der Waals surface area contributed by atoms with E-state index in [1.807, 2.05) is 121 Å². The monoisotopic (exact) mass is 722 g/mol. The molecule has 0 spiro atoms. The van der Waals surface area contributed by atoms with E-state index in [2.05, 4.69) is 81.1 Å². The number of para-hydroxylation sites is 2. The number of hydrogen-bond donors (Lipinski definition) is 0. The van der Waals surface area contributed by atoms with E-state index in [4.69, 9.17) is 18.8 Å². The first kappa shape index (κ1) is 32.8. The molecule has 264 valence electrons. The molecule has 0 saturated carbocycles. The molecule has 0 amide bonds. The van der Waals surface area contributed by atoms with Gasteiger partial charge in [-0.3, -0.25) is 0 Å². The molecule has 3 aromatic heterocycles. The largest absolute Gasteiger partial charge is 0.416 e. The molecule has 0 aliphatic rings. The molecule has 56 heavy (non-hydrogen) atoms. The lowest BCUT2D eigenvalue weighted by molar-refractivity contribution is 0.584. The highest BCUT2D eigenvalue weighted by Gasteiger charge is 2.19. The van der Waals surface area contributed by atoms with Gasteiger partial charge in [0.15, 0.2) is 0 Å². The second-order valence-corrected chi connectivity index (χ2v) is 13.2. The van der Waals surface area contributed by atoms with Crippen molar-refractivity contribution in [1.29, 1.82) is 0 Å². The number of fused-ring (bicyclic) bond motifs is 1. The fourth-order valence-corrected chi connectivity index (χ4v) is 6.92. The lowest BCUT2D eigenvalue weighted by atomic mass is 9.95. The first-order valence-electron chi connectivity index (χ1n) is 18.2. The average molecular weight is 723 g/mol. The molecule has 7 aromatic carbocycles. The molecule has 8 nitrogen and oxygen atoms in total. The highest BCUT2D eigenvalue weighted by molar-refractivity contribution is 5.89. The Hall–Kier alpha value is -7.84. The molecule has 10 rings (SSSR count). The van der Waals surface area contributed by atoms with E-state index in [1.54, 1.807) is 0 Å². The van der Waals surface area contributed by atoms with Crippen LogP contribution in [-0.2, 0) is 0 Å². The SMILES string of the molecule is c1ccc(-c2nnc(-c3ccccc3-c3ccc(-c4nc5ccccc5nc4-c4ccc(-c5ccccc5-c5nnc(-c6ccccc6)o5)cc4)cc3)o2)cc1. The molecule has 0 aliphatic carbocycles. The third-order valence-corrected chi connectivity index (χ3v) is 9.72. The van der Waals surface area contributed by atoms with Crippen LogP contribution in [0.3, 0.4) is 0 Å². The summed E-state index contributed by atoms with van der Waals surface area (Å²) in [5, 5.41) is 17.5. The normalized spacial score (nSPS) is 11.2. The van der Waals surface area contributed by atoms with Gasteiger partial charge < -0.3 is 8.83 Å². The summed E-state index contributed by atoms with van der Waals surface area (Å²) in [4.78, 5) is 10.3. The zero-order valence-electron chi connectivity index (χ0n) is 29.8. The second-order valence-electron chi connectivity index (χ2n) is 13.2. The van der Waals surface area contributed by atoms with Crippen LogP contribution in [0.4, 0.5) is 0 Å². The second kappa shape index (κ2) is 14.2. The van der Waals surface area contributed by atoms with Crippen molar-refractivity contribution < 1.29 is 8.83 Å². The summed E-state index contributed by atoms with van der Waals surface area (Å²) < 4.78 is 12.3. The van der Waals surface area contributed by atoms with E-state index in [9.17, 15) is 0 Å². The van der Waals surface area contributed by atoms with Crippen LogP contribution in [0.15, 0.2) is 191 Å². The van der Waals surface area contributed by atoms with Crippen LogP contribution in [-0.4, -0.2) is 30.4 Å². The molecule has 10 aromatic rings. The van der Waals surface area contributed by atoms with Gasteiger partial charge in [-0.05, 0) is 70.8 Å². The first-order valence-corrected chi connectivity index (χ1v) is 18.2. The van der Waals surface area contributed by atoms with Gasteiger partial charge in [0.1, 0.15) is 0 Å². The van der Waals surface area contributed by atoms with Crippen molar-refractivity contribution in [2.75, 3.05) is 0 Å². The molecule has 3 heterocycles. The Balaban J connectivity index is 0.989. The Bertz CT molecular complexity index is 2750. The van der Waals surface area contributed by atoms with Crippen LogP contribution >= 0.6 is 0 Å². The van der Waals surface area contributed by atoms with E-state index < -0.39 is 0 Å². The summed E-state index contributed by atoms with van der Waals surface area (Å²) >= 11 is 0. The van der Waals surface area contributed by atoms with Crippen molar-refractivity contribution in [2.45, 2.75) is 0 Å². The number of benzene rings is 7. The maximum Gasteiger partial charge on any atom is 0.248 e. The van der Waals surface area contributed by atoms with Gasteiger partial charge in [0.25, 0.3) is 0 Å². The molecule has 0 bridgehead atoms. The van der Waals surface area contributed by atoms with Crippen LogP contribution in [0.25, 0.3) is 102 Å². The summed E-state index contributed by atoms with van der Waals surface area (Å²) in [6.07, 6.45) is 0. The fourth-order valence-electron chi connectivity index (χ4n) is 6.92. The highest BCUT2D eigenvalue weighted by Crippen LogP contribution is 2.38. The number of hydrogen-bond acceptors (Lipinski definition) is 8. The van der Waals surface area contributed by atoms with Crippen LogP contribution in [0.2, 0.25) is 0 Å². The van der Waals surface area contributed by atoms with E-state index >= 15 is 0 Å². The quantitative estimate of drug-likeness (QED) is 0.153. The number of nitrogens with zero attached hydrogens (tertiary/aromatic N) is 6. The zero-order chi connectivity index (χ0) is 37.3. The summed E-state index contributed by atoms with van der Waals surface area (Å²) in [6, 6.07) is 60.4. The maximum atomic E-state index is 6.15. The predicted molar refractivity (Wildman–Crippen MR) is 219 cm³/mol. The average Bonchev–Trinajstić information content (AvgIpc) is 3.99. The van der Waals surface area contributed by atoms with Crippen LogP contribution in [0.1, 0.15) is 0 Å². The maximum absolute atomic E-state index is 6.15. The Morgan fingerprint density at radius 1 is 0.250 bits per heavy atom. The highest BCUT2D eigenvalue weighted by atomic mass is 16.4. The van der Waals surface area contributed by atoms with Gasteiger partial charge in [0, 0.05) is 33.4 Å².